The number of halogens is 1. The molecule has 1 N–H and O–H groups in total. The van der Waals surface area contributed by atoms with Crippen LogP contribution in [0, 0.1) is 6.92 Å². The molecule has 0 aliphatic rings. The predicted molar refractivity (Wildman–Crippen MR) is 81.1 cm³/mol. The van der Waals surface area contributed by atoms with Gasteiger partial charge in [-0.1, -0.05) is 45.8 Å². The topological polar surface area (TPSA) is 46.2 Å². The average molecular weight is 340 g/mol. The van der Waals surface area contributed by atoms with E-state index in [1.165, 1.54) is 0 Å². The zero-order chi connectivity index (χ0) is 13.9. The van der Waals surface area contributed by atoms with E-state index in [1.807, 2.05) is 19.1 Å². The van der Waals surface area contributed by atoms with Crippen LogP contribution in [0.3, 0.4) is 0 Å². The van der Waals surface area contributed by atoms with Crippen LogP contribution in [-0.2, 0) is 15.4 Å². The highest BCUT2D eigenvalue weighted by Gasteiger charge is 2.13. The van der Waals surface area contributed by atoms with E-state index in [2.05, 4.69) is 20.7 Å². The van der Waals surface area contributed by atoms with Crippen LogP contribution in [0.4, 0.5) is 5.69 Å². The number of anilines is 1. The van der Waals surface area contributed by atoms with Crippen molar-refractivity contribution in [2.75, 3.05) is 4.72 Å². The lowest BCUT2D eigenvalue weighted by molar-refractivity contribution is 0.601. The standard InChI is InChI=1S/C14H14BrNO2S/c1-11-2-6-13(7-3-11)16-19(17,18)14-8-4-12(10-15)5-9-14/h2-9,16H,10H2,1H3. The number of benzene rings is 2. The van der Waals surface area contributed by atoms with Crippen LogP contribution in [0.25, 0.3) is 0 Å². The smallest absolute Gasteiger partial charge is 0.261 e. The van der Waals surface area contributed by atoms with Crippen LogP contribution in [0.5, 0.6) is 0 Å². The minimum atomic E-state index is -3.52. The molecule has 5 heteroatoms. The van der Waals surface area contributed by atoms with Gasteiger partial charge in [0.25, 0.3) is 10.0 Å². The second kappa shape index (κ2) is 5.75. The van der Waals surface area contributed by atoms with Gasteiger partial charge in [0, 0.05) is 11.0 Å². The first-order valence-electron chi connectivity index (χ1n) is 5.76. The van der Waals surface area contributed by atoms with Gasteiger partial charge in [0.2, 0.25) is 0 Å². The van der Waals surface area contributed by atoms with Gasteiger partial charge in [-0.2, -0.15) is 0 Å². The first-order chi connectivity index (χ1) is 9.01. The van der Waals surface area contributed by atoms with E-state index in [-0.39, 0.29) is 4.90 Å². The summed E-state index contributed by atoms with van der Waals surface area (Å²) in [6.07, 6.45) is 0. The van der Waals surface area contributed by atoms with Gasteiger partial charge in [-0.05, 0) is 36.8 Å². The molecule has 0 aromatic heterocycles. The molecule has 0 atom stereocenters. The zero-order valence-corrected chi connectivity index (χ0v) is 12.8. The lowest BCUT2D eigenvalue weighted by Gasteiger charge is -2.08. The number of hydrogen-bond acceptors (Lipinski definition) is 2. The molecule has 0 heterocycles. The quantitative estimate of drug-likeness (QED) is 0.863. The highest BCUT2D eigenvalue weighted by atomic mass is 79.9. The minimum Gasteiger partial charge on any atom is -0.280 e. The maximum absolute atomic E-state index is 12.2. The van der Waals surface area contributed by atoms with Crippen molar-refractivity contribution in [3.05, 3.63) is 59.7 Å². The lowest BCUT2D eigenvalue weighted by Crippen LogP contribution is -2.12. The molecular formula is C14H14BrNO2S. The summed E-state index contributed by atoms with van der Waals surface area (Å²) in [6, 6.07) is 14.0. The van der Waals surface area contributed by atoms with Gasteiger partial charge in [-0.25, -0.2) is 8.42 Å². The summed E-state index contributed by atoms with van der Waals surface area (Å²) < 4.78 is 26.9. The highest BCUT2D eigenvalue weighted by Crippen LogP contribution is 2.17. The van der Waals surface area contributed by atoms with E-state index in [4.69, 9.17) is 0 Å². The third kappa shape index (κ3) is 3.58. The molecule has 0 aliphatic carbocycles. The molecule has 0 saturated carbocycles. The van der Waals surface area contributed by atoms with Crippen LogP contribution in [0.15, 0.2) is 53.4 Å². The van der Waals surface area contributed by atoms with Crippen molar-refractivity contribution in [3.63, 3.8) is 0 Å². The van der Waals surface area contributed by atoms with Gasteiger partial charge in [-0.3, -0.25) is 4.72 Å². The van der Waals surface area contributed by atoms with Crippen LogP contribution in [-0.4, -0.2) is 8.42 Å². The maximum Gasteiger partial charge on any atom is 0.261 e. The summed E-state index contributed by atoms with van der Waals surface area (Å²) in [5.41, 5.74) is 2.69. The van der Waals surface area contributed by atoms with Gasteiger partial charge in [0.05, 0.1) is 4.90 Å². The van der Waals surface area contributed by atoms with Crippen molar-refractivity contribution in [2.45, 2.75) is 17.1 Å². The Labute approximate surface area is 121 Å². The third-order valence-electron chi connectivity index (χ3n) is 2.69. The molecule has 0 amide bonds. The average Bonchev–Trinajstić information content (AvgIpc) is 2.41. The molecule has 0 saturated heterocycles. The number of sulfonamides is 1. The van der Waals surface area contributed by atoms with E-state index in [9.17, 15) is 8.42 Å². The SMILES string of the molecule is Cc1ccc(NS(=O)(=O)c2ccc(CBr)cc2)cc1. The number of hydrogen-bond donors (Lipinski definition) is 1. The highest BCUT2D eigenvalue weighted by molar-refractivity contribution is 9.08. The minimum absolute atomic E-state index is 0.262. The Morgan fingerprint density at radius 1 is 1.00 bits per heavy atom. The Balaban J connectivity index is 2.24. The molecular weight excluding hydrogens is 326 g/mol. The molecule has 0 aliphatic heterocycles. The largest absolute Gasteiger partial charge is 0.280 e. The van der Waals surface area contributed by atoms with Crippen molar-refractivity contribution in [3.8, 4) is 0 Å². The molecule has 0 bridgehead atoms. The third-order valence-corrected chi connectivity index (χ3v) is 4.74. The summed E-state index contributed by atoms with van der Waals surface area (Å²) in [5, 5.41) is 0.707. The fraction of sp³-hybridized carbons (Fsp3) is 0.143. The fourth-order valence-electron chi connectivity index (χ4n) is 1.59. The van der Waals surface area contributed by atoms with Crippen molar-refractivity contribution in [1.29, 1.82) is 0 Å². The van der Waals surface area contributed by atoms with Crippen LogP contribution in [0.1, 0.15) is 11.1 Å². The van der Waals surface area contributed by atoms with E-state index in [0.717, 1.165) is 11.1 Å². The Bertz CT molecular complexity index is 649. The number of alkyl halides is 1. The second-order valence-corrected chi connectivity index (χ2v) is 6.49. The molecule has 0 radical (unpaired) electrons. The number of rotatable bonds is 4. The van der Waals surface area contributed by atoms with Crippen molar-refractivity contribution in [2.24, 2.45) is 0 Å². The second-order valence-electron chi connectivity index (χ2n) is 4.25. The molecule has 19 heavy (non-hydrogen) atoms. The maximum atomic E-state index is 12.2. The monoisotopic (exact) mass is 339 g/mol. The number of aryl methyl sites for hydroxylation is 1. The van der Waals surface area contributed by atoms with Crippen LogP contribution in [0.2, 0.25) is 0 Å². The van der Waals surface area contributed by atoms with Crippen molar-refractivity contribution < 1.29 is 8.42 Å². The Hall–Kier alpha value is -1.33. The van der Waals surface area contributed by atoms with E-state index >= 15 is 0 Å². The Morgan fingerprint density at radius 3 is 2.11 bits per heavy atom. The van der Waals surface area contributed by atoms with Crippen molar-refractivity contribution in [1.82, 2.24) is 0 Å². The molecule has 3 nitrogen and oxygen atoms in total. The van der Waals surface area contributed by atoms with E-state index in [1.54, 1.807) is 36.4 Å². The summed E-state index contributed by atoms with van der Waals surface area (Å²) in [4.78, 5) is 0.262. The first-order valence-corrected chi connectivity index (χ1v) is 8.36. The van der Waals surface area contributed by atoms with Gasteiger partial charge >= 0.3 is 0 Å². The van der Waals surface area contributed by atoms with Crippen molar-refractivity contribution >= 4 is 31.6 Å². The number of nitrogens with one attached hydrogen (secondary N) is 1. The summed E-state index contributed by atoms with van der Waals surface area (Å²) in [5.74, 6) is 0. The van der Waals surface area contributed by atoms with Gasteiger partial charge in [-0.15, -0.1) is 0 Å². The molecule has 2 aromatic carbocycles. The Morgan fingerprint density at radius 2 is 1.58 bits per heavy atom. The van der Waals surface area contributed by atoms with Crippen LogP contribution >= 0.6 is 15.9 Å². The summed E-state index contributed by atoms with van der Waals surface area (Å²) in [7, 11) is -3.52. The normalized spacial score (nSPS) is 11.3. The molecule has 0 spiro atoms. The molecule has 0 unspecified atom stereocenters. The van der Waals surface area contributed by atoms with E-state index in [0.29, 0.717) is 11.0 Å². The first kappa shape index (κ1) is 14.1. The molecule has 2 aromatic rings. The van der Waals surface area contributed by atoms with Gasteiger partial charge < -0.3 is 0 Å². The summed E-state index contributed by atoms with van der Waals surface area (Å²) in [6.45, 7) is 1.96. The molecule has 2 rings (SSSR count). The van der Waals surface area contributed by atoms with Gasteiger partial charge in [0.1, 0.15) is 0 Å². The van der Waals surface area contributed by atoms with E-state index < -0.39 is 10.0 Å². The fourth-order valence-corrected chi connectivity index (χ4v) is 3.03. The zero-order valence-electron chi connectivity index (χ0n) is 10.4. The van der Waals surface area contributed by atoms with Gasteiger partial charge in [0.15, 0.2) is 0 Å². The van der Waals surface area contributed by atoms with Crippen LogP contribution < -0.4 is 4.72 Å². The predicted octanol–water partition coefficient (Wildman–Crippen LogP) is 3.69. The lowest BCUT2D eigenvalue weighted by atomic mass is 10.2. The summed E-state index contributed by atoms with van der Waals surface area (Å²) >= 11 is 3.33. The Kier molecular flexibility index (Phi) is 4.27. The molecule has 100 valence electrons. The molecule has 0 fully saturated rings.